The van der Waals surface area contributed by atoms with E-state index in [2.05, 4.69) is 20.8 Å². The van der Waals surface area contributed by atoms with Gasteiger partial charge in [-0.05, 0) is 30.4 Å². The molecule has 0 aromatic carbocycles. The van der Waals surface area contributed by atoms with Gasteiger partial charge in [0.15, 0.2) is 5.69 Å². The molecule has 1 fully saturated rings. The van der Waals surface area contributed by atoms with E-state index in [0.29, 0.717) is 18.1 Å². The van der Waals surface area contributed by atoms with Crippen LogP contribution in [0.1, 0.15) is 67.9 Å². The van der Waals surface area contributed by atoms with Crippen LogP contribution in [0.5, 0.6) is 0 Å². The number of rotatable bonds is 6. The molecule has 1 aromatic heterocycles. The summed E-state index contributed by atoms with van der Waals surface area (Å²) in [4.78, 5) is 12.5. The third-order valence-electron chi connectivity index (χ3n) is 4.02. The number of aliphatic hydroxyl groups excluding tert-OH is 1. The van der Waals surface area contributed by atoms with Crippen LogP contribution in [-0.4, -0.2) is 40.4 Å². The predicted octanol–water partition coefficient (Wildman–Crippen LogP) is 2.07. The van der Waals surface area contributed by atoms with E-state index in [4.69, 9.17) is 5.11 Å². The molecule has 3 N–H and O–H groups in total. The van der Waals surface area contributed by atoms with Crippen molar-refractivity contribution in [1.82, 2.24) is 15.5 Å². The summed E-state index contributed by atoms with van der Waals surface area (Å²) in [7, 11) is 0. The van der Waals surface area contributed by atoms with Gasteiger partial charge in [-0.2, -0.15) is 0 Å². The van der Waals surface area contributed by atoms with Gasteiger partial charge in [-0.15, -0.1) is 10.2 Å². The van der Waals surface area contributed by atoms with E-state index >= 15 is 0 Å². The van der Waals surface area contributed by atoms with Gasteiger partial charge >= 0.3 is 0 Å². The van der Waals surface area contributed by atoms with Crippen LogP contribution in [-0.2, 0) is 0 Å². The quantitative estimate of drug-likeness (QED) is 0.749. The third kappa shape index (κ3) is 4.40. The minimum atomic E-state index is -0.128. The molecule has 122 valence electrons. The zero-order valence-corrected chi connectivity index (χ0v) is 13.4. The van der Waals surface area contributed by atoms with Crippen LogP contribution < -0.4 is 10.6 Å². The third-order valence-corrected chi connectivity index (χ3v) is 4.02. The molecule has 1 heterocycles. The minimum absolute atomic E-state index is 0.0304. The fourth-order valence-corrected chi connectivity index (χ4v) is 2.79. The number of hydrogen-bond donors (Lipinski definition) is 3. The van der Waals surface area contributed by atoms with E-state index in [1.54, 1.807) is 0 Å². The maximum absolute atomic E-state index is 12.5. The molecular weight excluding hydrogens is 280 g/mol. The average Bonchev–Trinajstić information content (AvgIpc) is 2.53. The maximum Gasteiger partial charge on any atom is 0.272 e. The molecule has 0 saturated heterocycles. The Bertz CT molecular complexity index is 499. The van der Waals surface area contributed by atoms with Crippen molar-refractivity contribution in [3.8, 4) is 0 Å². The maximum atomic E-state index is 12.5. The van der Waals surface area contributed by atoms with Gasteiger partial charge in [-0.3, -0.25) is 4.79 Å². The molecule has 0 radical (unpaired) electrons. The lowest BCUT2D eigenvalue weighted by molar-refractivity contribution is 0.0920. The lowest BCUT2D eigenvalue weighted by Gasteiger charge is -2.23. The molecule has 0 spiro atoms. The molecule has 0 unspecified atom stereocenters. The van der Waals surface area contributed by atoms with Gasteiger partial charge in [0, 0.05) is 12.6 Å². The number of carbonyl (C=O) groups excluding carboxylic acids is 1. The molecule has 22 heavy (non-hydrogen) atoms. The molecule has 1 saturated carbocycles. The van der Waals surface area contributed by atoms with Gasteiger partial charge in [0.1, 0.15) is 5.82 Å². The molecule has 1 aromatic rings. The molecule has 2 rings (SSSR count). The molecule has 1 aliphatic rings. The number of nitrogens with one attached hydrogen (secondary N) is 2. The first-order valence-electron chi connectivity index (χ1n) is 8.15. The summed E-state index contributed by atoms with van der Waals surface area (Å²) in [6, 6.07) is 2.11. The van der Waals surface area contributed by atoms with Crippen molar-refractivity contribution in [1.29, 1.82) is 0 Å². The Hall–Kier alpha value is -1.69. The van der Waals surface area contributed by atoms with E-state index in [1.165, 1.54) is 19.3 Å². The van der Waals surface area contributed by atoms with Crippen LogP contribution >= 0.6 is 0 Å². The van der Waals surface area contributed by atoms with Crippen LogP contribution in [0, 0.1) is 0 Å². The largest absolute Gasteiger partial charge is 0.395 e. The molecule has 6 nitrogen and oxygen atoms in total. The van der Waals surface area contributed by atoms with E-state index in [9.17, 15) is 4.79 Å². The Kier molecular flexibility index (Phi) is 6.12. The van der Waals surface area contributed by atoms with Crippen LogP contribution in [0.4, 0.5) is 5.82 Å². The molecule has 1 aliphatic carbocycles. The fraction of sp³-hybridized carbons (Fsp3) is 0.688. The average molecular weight is 306 g/mol. The molecule has 6 heteroatoms. The van der Waals surface area contributed by atoms with E-state index in [0.717, 1.165) is 18.4 Å². The first-order valence-corrected chi connectivity index (χ1v) is 8.15. The highest BCUT2D eigenvalue weighted by molar-refractivity contribution is 5.94. The Morgan fingerprint density at radius 1 is 1.32 bits per heavy atom. The number of anilines is 1. The number of carbonyl (C=O) groups is 1. The summed E-state index contributed by atoms with van der Waals surface area (Å²) in [6.07, 6.45) is 5.71. The van der Waals surface area contributed by atoms with E-state index in [-0.39, 0.29) is 24.5 Å². The van der Waals surface area contributed by atoms with Crippen LogP contribution in [0.25, 0.3) is 0 Å². The van der Waals surface area contributed by atoms with E-state index in [1.807, 2.05) is 19.9 Å². The van der Waals surface area contributed by atoms with E-state index < -0.39 is 0 Å². The number of amides is 1. The first kappa shape index (κ1) is 16.7. The Balaban J connectivity index is 2.12. The number of nitrogens with zero attached hydrogens (tertiary/aromatic N) is 2. The van der Waals surface area contributed by atoms with Crippen molar-refractivity contribution in [3.63, 3.8) is 0 Å². The molecule has 0 atom stereocenters. The minimum Gasteiger partial charge on any atom is -0.395 e. The second kappa shape index (κ2) is 8.08. The molecule has 0 aliphatic heterocycles. The van der Waals surface area contributed by atoms with Crippen LogP contribution in [0.15, 0.2) is 6.07 Å². The van der Waals surface area contributed by atoms with Crippen molar-refractivity contribution in [3.05, 3.63) is 17.3 Å². The summed E-state index contributed by atoms with van der Waals surface area (Å²) in [6.45, 7) is 4.51. The number of aliphatic hydroxyl groups is 1. The summed E-state index contributed by atoms with van der Waals surface area (Å²) in [5.74, 6) is 0.640. The Labute approximate surface area is 131 Å². The second-order valence-electron chi connectivity index (χ2n) is 6.15. The molecule has 0 bridgehead atoms. The predicted molar refractivity (Wildman–Crippen MR) is 86.0 cm³/mol. The molecular formula is C16H26N4O2. The highest BCUT2D eigenvalue weighted by Crippen LogP contribution is 2.22. The Morgan fingerprint density at radius 2 is 2.05 bits per heavy atom. The smallest absolute Gasteiger partial charge is 0.272 e. The van der Waals surface area contributed by atoms with Crippen molar-refractivity contribution in [2.45, 2.75) is 57.9 Å². The van der Waals surface area contributed by atoms with Crippen molar-refractivity contribution in [2.75, 3.05) is 18.5 Å². The summed E-state index contributed by atoms with van der Waals surface area (Å²) in [5.41, 5.74) is 1.29. The SMILES string of the molecule is CC(C)c1cc(NCCO)nnc1C(=O)NC1CCCCC1. The topological polar surface area (TPSA) is 87.1 Å². The normalized spacial score (nSPS) is 15.8. The zero-order chi connectivity index (χ0) is 15.9. The van der Waals surface area contributed by atoms with Gasteiger partial charge in [0.25, 0.3) is 5.91 Å². The number of hydrogen-bond acceptors (Lipinski definition) is 5. The first-order chi connectivity index (χ1) is 10.6. The number of aromatic nitrogens is 2. The van der Waals surface area contributed by atoms with Gasteiger partial charge < -0.3 is 15.7 Å². The van der Waals surface area contributed by atoms with Gasteiger partial charge in [0.05, 0.1) is 6.61 Å². The van der Waals surface area contributed by atoms with Gasteiger partial charge in [0.2, 0.25) is 0 Å². The lowest BCUT2D eigenvalue weighted by Crippen LogP contribution is -2.37. The van der Waals surface area contributed by atoms with Gasteiger partial charge in [-0.1, -0.05) is 33.1 Å². The second-order valence-corrected chi connectivity index (χ2v) is 6.15. The monoisotopic (exact) mass is 306 g/mol. The highest BCUT2D eigenvalue weighted by atomic mass is 16.3. The zero-order valence-electron chi connectivity index (χ0n) is 13.4. The van der Waals surface area contributed by atoms with Crippen molar-refractivity contribution in [2.24, 2.45) is 0 Å². The lowest BCUT2D eigenvalue weighted by atomic mass is 9.95. The fourth-order valence-electron chi connectivity index (χ4n) is 2.79. The summed E-state index contributed by atoms with van der Waals surface area (Å²) in [5, 5.41) is 23.1. The summed E-state index contributed by atoms with van der Waals surface area (Å²) < 4.78 is 0. The molecule has 1 amide bonds. The van der Waals surface area contributed by atoms with Gasteiger partial charge in [-0.25, -0.2) is 0 Å². The standard InChI is InChI=1S/C16H26N4O2/c1-11(2)13-10-14(17-8-9-21)19-20-15(13)16(22)18-12-6-4-3-5-7-12/h10-12,21H,3-9H2,1-2H3,(H,17,19)(H,18,22). The summed E-state index contributed by atoms with van der Waals surface area (Å²) >= 11 is 0. The van der Waals surface area contributed by atoms with Crippen molar-refractivity contribution >= 4 is 11.7 Å². The highest BCUT2D eigenvalue weighted by Gasteiger charge is 2.21. The Morgan fingerprint density at radius 3 is 2.68 bits per heavy atom. The van der Waals surface area contributed by atoms with Crippen LogP contribution in [0.3, 0.4) is 0 Å². The van der Waals surface area contributed by atoms with Crippen molar-refractivity contribution < 1.29 is 9.90 Å². The van der Waals surface area contributed by atoms with Crippen LogP contribution in [0.2, 0.25) is 0 Å².